The summed E-state index contributed by atoms with van der Waals surface area (Å²) in [6.45, 7) is 2.61. The van der Waals surface area contributed by atoms with E-state index in [2.05, 4.69) is 14.9 Å². The monoisotopic (exact) mass is 373 g/mol. The van der Waals surface area contributed by atoms with Crippen LogP contribution in [0.3, 0.4) is 0 Å². The number of likely N-dealkylation sites (N-methyl/N-ethyl adjacent to an activating group) is 1. The van der Waals surface area contributed by atoms with Crippen LogP contribution in [0.1, 0.15) is 15.9 Å². The van der Waals surface area contributed by atoms with Crippen LogP contribution in [0, 0.1) is 0 Å². The number of carbonyl (C=O) groups excluding carboxylic acids is 2. The number of hydrogen-bond donors (Lipinski definition) is 0. The summed E-state index contributed by atoms with van der Waals surface area (Å²) >= 11 is 0. The smallest absolute Gasteiger partial charge is 0.253 e. The molecule has 136 valence electrons. The third-order valence-electron chi connectivity index (χ3n) is 4.73. The molecule has 1 aromatic heterocycles. The van der Waals surface area contributed by atoms with E-state index in [9.17, 15) is 9.59 Å². The summed E-state index contributed by atoms with van der Waals surface area (Å²) in [7, 11) is 1.74. The van der Waals surface area contributed by atoms with Crippen molar-refractivity contribution < 1.29 is 9.59 Å². The first kappa shape index (κ1) is 18.1. The first-order chi connectivity index (χ1) is 12.1. The lowest BCUT2D eigenvalue weighted by molar-refractivity contribution is -0.117. The van der Waals surface area contributed by atoms with Gasteiger partial charge in [-0.3, -0.25) is 14.5 Å². The molecule has 1 aromatic carbocycles. The fourth-order valence-corrected chi connectivity index (χ4v) is 3.23. The highest BCUT2D eigenvalue weighted by Gasteiger charge is 2.28. The Morgan fingerprint density at radius 2 is 1.77 bits per heavy atom. The van der Waals surface area contributed by atoms with Crippen molar-refractivity contribution >= 4 is 36.0 Å². The molecule has 26 heavy (non-hydrogen) atoms. The molecule has 0 radical (unpaired) electrons. The normalized spacial score (nSPS) is 16.3. The molecule has 7 nitrogen and oxygen atoms in total. The molecule has 3 heterocycles. The third-order valence-corrected chi connectivity index (χ3v) is 4.73. The van der Waals surface area contributed by atoms with Gasteiger partial charge in [0.15, 0.2) is 0 Å². The summed E-state index contributed by atoms with van der Waals surface area (Å²) in [5.74, 6) is 1.41. The second-order valence-corrected chi connectivity index (χ2v) is 6.29. The Labute approximate surface area is 158 Å². The van der Waals surface area contributed by atoms with E-state index in [1.165, 1.54) is 0 Å². The molecule has 0 atom stereocenters. The Hall–Kier alpha value is -2.67. The van der Waals surface area contributed by atoms with Crippen LogP contribution in [0.4, 0.5) is 11.8 Å². The van der Waals surface area contributed by atoms with Crippen molar-refractivity contribution in [1.29, 1.82) is 0 Å². The maximum atomic E-state index is 12.5. The number of amides is 2. The molecule has 2 amide bonds. The van der Waals surface area contributed by atoms with Gasteiger partial charge in [-0.25, -0.2) is 4.98 Å². The molecule has 4 rings (SSSR count). The molecular formula is C18H20ClN5O2. The van der Waals surface area contributed by atoms with E-state index in [4.69, 9.17) is 0 Å². The Kier molecular flexibility index (Phi) is 5.08. The van der Waals surface area contributed by atoms with Crippen molar-refractivity contribution in [3.05, 3.63) is 47.7 Å². The van der Waals surface area contributed by atoms with Crippen molar-refractivity contribution in [2.24, 2.45) is 0 Å². The van der Waals surface area contributed by atoms with Gasteiger partial charge in [-0.2, -0.15) is 4.98 Å². The summed E-state index contributed by atoms with van der Waals surface area (Å²) in [5, 5.41) is 0. The number of nitrogens with zero attached hydrogens (tertiary/aromatic N) is 5. The van der Waals surface area contributed by atoms with E-state index in [-0.39, 0.29) is 24.2 Å². The molecule has 0 unspecified atom stereocenters. The van der Waals surface area contributed by atoms with Crippen molar-refractivity contribution in [2.45, 2.75) is 6.42 Å². The summed E-state index contributed by atoms with van der Waals surface area (Å²) in [5.41, 5.74) is 1.58. The van der Waals surface area contributed by atoms with Gasteiger partial charge >= 0.3 is 0 Å². The number of hydrogen-bond acceptors (Lipinski definition) is 5. The molecular weight excluding hydrogens is 354 g/mol. The number of piperazine rings is 1. The highest BCUT2D eigenvalue weighted by Crippen LogP contribution is 2.26. The van der Waals surface area contributed by atoms with Crippen LogP contribution in [-0.4, -0.2) is 59.9 Å². The number of anilines is 2. The fraction of sp³-hybridized carbons (Fsp3) is 0.333. The number of halogens is 1. The van der Waals surface area contributed by atoms with Crippen LogP contribution in [0.25, 0.3) is 0 Å². The van der Waals surface area contributed by atoms with Gasteiger partial charge in [-0.15, -0.1) is 12.4 Å². The molecule has 0 bridgehead atoms. The summed E-state index contributed by atoms with van der Waals surface area (Å²) in [6, 6.07) is 9.33. The van der Waals surface area contributed by atoms with Gasteiger partial charge in [-0.05, 0) is 12.1 Å². The molecule has 2 aromatic rings. The van der Waals surface area contributed by atoms with E-state index in [1.54, 1.807) is 18.1 Å². The van der Waals surface area contributed by atoms with Crippen LogP contribution in [0.5, 0.6) is 0 Å². The van der Waals surface area contributed by atoms with Crippen LogP contribution < -0.4 is 9.80 Å². The minimum absolute atomic E-state index is 0. The first-order valence-corrected chi connectivity index (χ1v) is 8.35. The fourth-order valence-electron chi connectivity index (χ4n) is 3.23. The van der Waals surface area contributed by atoms with Gasteiger partial charge in [0.25, 0.3) is 5.91 Å². The average molecular weight is 374 g/mol. The van der Waals surface area contributed by atoms with Gasteiger partial charge in [0, 0.05) is 50.6 Å². The largest absolute Gasteiger partial charge is 0.337 e. The number of rotatable bonds is 2. The maximum absolute atomic E-state index is 12.5. The van der Waals surface area contributed by atoms with Gasteiger partial charge in [0.2, 0.25) is 11.9 Å². The van der Waals surface area contributed by atoms with Crippen molar-refractivity contribution in [3.63, 3.8) is 0 Å². The van der Waals surface area contributed by atoms with Crippen LogP contribution in [0.2, 0.25) is 0 Å². The molecule has 1 fully saturated rings. The summed E-state index contributed by atoms with van der Waals surface area (Å²) in [6.07, 6.45) is 2.10. The third kappa shape index (κ3) is 3.22. The number of aromatic nitrogens is 2. The molecule has 0 N–H and O–H groups in total. The van der Waals surface area contributed by atoms with Crippen molar-refractivity contribution in [2.75, 3.05) is 43.0 Å². The van der Waals surface area contributed by atoms with Gasteiger partial charge in [0.1, 0.15) is 5.82 Å². The standard InChI is InChI=1S/C18H19N5O2.ClH/c1-21-15(24)11-14-12-19-18(20-16(14)21)23-9-7-22(8-10-23)17(25)13-5-3-2-4-6-13;/h2-6,12H,7-11H2,1H3;1H. The number of benzene rings is 1. The van der Waals surface area contributed by atoms with E-state index in [1.807, 2.05) is 35.2 Å². The Morgan fingerprint density at radius 3 is 2.46 bits per heavy atom. The second kappa shape index (κ2) is 7.29. The molecule has 0 spiro atoms. The minimum atomic E-state index is 0. The summed E-state index contributed by atoms with van der Waals surface area (Å²) in [4.78, 5) is 38.7. The molecule has 2 aliphatic heterocycles. The lowest BCUT2D eigenvalue weighted by Crippen LogP contribution is -2.49. The van der Waals surface area contributed by atoms with Gasteiger partial charge < -0.3 is 9.80 Å². The molecule has 0 aliphatic carbocycles. The van der Waals surface area contributed by atoms with Gasteiger partial charge in [0.05, 0.1) is 6.42 Å². The zero-order valence-electron chi connectivity index (χ0n) is 14.5. The van der Waals surface area contributed by atoms with E-state index in [0.717, 1.165) is 5.56 Å². The highest BCUT2D eigenvalue weighted by atomic mass is 35.5. The molecule has 2 aliphatic rings. The van der Waals surface area contributed by atoms with Crippen LogP contribution in [0.15, 0.2) is 36.5 Å². The SMILES string of the molecule is CN1C(=O)Cc2cnc(N3CCN(C(=O)c4ccccc4)CC3)nc21.Cl. The topological polar surface area (TPSA) is 69.6 Å². The highest BCUT2D eigenvalue weighted by molar-refractivity contribution is 5.99. The zero-order valence-corrected chi connectivity index (χ0v) is 15.3. The Balaban J connectivity index is 0.00000196. The average Bonchev–Trinajstić information content (AvgIpc) is 2.95. The zero-order chi connectivity index (χ0) is 17.4. The quantitative estimate of drug-likeness (QED) is 0.795. The van der Waals surface area contributed by atoms with Crippen molar-refractivity contribution in [3.8, 4) is 0 Å². The number of carbonyl (C=O) groups is 2. The Morgan fingerprint density at radius 1 is 1.08 bits per heavy atom. The van der Waals surface area contributed by atoms with Gasteiger partial charge in [-0.1, -0.05) is 18.2 Å². The molecule has 1 saturated heterocycles. The second-order valence-electron chi connectivity index (χ2n) is 6.29. The van der Waals surface area contributed by atoms with Crippen LogP contribution in [-0.2, 0) is 11.2 Å². The van der Waals surface area contributed by atoms with E-state index in [0.29, 0.717) is 49.9 Å². The minimum Gasteiger partial charge on any atom is -0.337 e. The predicted octanol–water partition coefficient (Wildman–Crippen LogP) is 1.38. The summed E-state index contributed by atoms with van der Waals surface area (Å²) < 4.78 is 0. The van der Waals surface area contributed by atoms with Crippen molar-refractivity contribution in [1.82, 2.24) is 14.9 Å². The molecule has 8 heteroatoms. The lowest BCUT2D eigenvalue weighted by Gasteiger charge is -2.35. The first-order valence-electron chi connectivity index (χ1n) is 8.35. The van der Waals surface area contributed by atoms with E-state index >= 15 is 0 Å². The number of fused-ring (bicyclic) bond motifs is 1. The molecule has 0 saturated carbocycles. The lowest BCUT2D eigenvalue weighted by atomic mass is 10.2. The predicted molar refractivity (Wildman–Crippen MR) is 101 cm³/mol. The van der Waals surface area contributed by atoms with E-state index < -0.39 is 0 Å². The Bertz CT molecular complexity index is 822. The maximum Gasteiger partial charge on any atom is 0.253 e. The van der Waals surface area contributed by atoms with Crippen LogP contribution >= 0.6 is 12.4 Å².